The molecule has 0 aromatic carbocycles. The SMILES string of the molecule is CC(=O)NC(CC(=O)Nc1ncn[nH]1)c1cccs1. The van der Waals surface area contributed by atoms with Crippen LogP contribution in [0.1, 0.15) is 24.3 Å². The predicted molar refractivity (Wildman–Crippen MR) is 70.5 cm³/mol. The molecular weight excluding hydrogens is 266 g/mol. The van der Waals surface area contributed by atoms with E-state index in [0.717, 1.165) is 4.88 Å². The van der Waals surface area contributed by atoms with Gasteiger partial charge in [-0.1, -0.05) is 6.07 Å². The molecule has 2 rings (SSSR count). The third kappa shape index (κ3) is 3.88. The average Bonchev–Trinajstić information content (AvgIpc) is 2.99. The highest BCUT2D eigenvalue weighted by Crippen LogP contribution is 2.22. The molecule has 7 nitrogen and oxygen atoms in total. The Bertz CT molecular complexity index is 537. The summed E-state index contributed by atoms with van der Waals surface area (Å²) < 4.78 is 0. The maximum atomic E-state index is 11.9. The van der Waals surface area contributed by atoms with Crippen molar-refractivity contribution >= 4 is 29.1 Å². The van der Waals surface area contributed by atoms with Crippen molar-refractivity contribution in [3.8, 4) is 0 Å². The Kier molecular flexibility index (Phi) is 4.24. The fourth-order valence-electron chi connectivity index (χ4n) is 1.59. The summed E-state index contributed by atoms with van der Waals surface area (Å²) in [6, 6.07) is 3.43. The van der Waals surface area contributed by atoms with E-state index in [-0.39, 0.29) is 30.2 Å². The topological polar surface area (TPSA) is 99.8 Å². The van der Waals surface area contributed by atoms with Gasteiger partial charge in [-0.15, -0.1) is 11.3 Å². The Balaban J connectivity index is 1.99. The van der Waals surface area contributed by atoms with Crippen molar-refractivity contribution in [1.29, 1.82) is 0 Å². The summed E-state index contributed by atoms with van der Waals surface area (Å²) in [6.45, 7) is 1.43. The minimum Gasteiger partial charge on any atom is -0.348 e. The number of anilines is 1. The van der Waals surface area contributed by atoms with Crippen molar-refractivity contribution < 1.29 is 9.59 Å². The Labute approximate surface area is 113 Å². The van der Waals surface area contributed by atoms with Gasteiger partial charge < -0.3 is 5.32 Å². The van der Waals surface area contributed by atoms with Crippen molar-refractivity contribution in [2.24, 2.45) is 0 Å². The summed E-state index contributed by atoms with van der Waals surface area (Å²) in [7, 11) is 0. The number of nitrogens with one attached hydrogen (secondary N) is 3. The second-order valence-corrected chi connectivity index (χ2v) is 4.83. The third-order valence-electron chi connectivity index (χ3n) is 2.33. The first-order valence-corrected chi connectivity index (χ1v) is 6.49. The molecular formula is C11H13N5O2S. The molecule has 2 heterocycles. The standard InChI is InChI=1S/C11H13N5O2S/c1-7(17)14-8(9-3-2-4-19-9)5-10(18)15-11-12-6-13-16-11/h2-4,6,8H,5H2,1H3,(H,14,17)(H2,12,13,15,16,18). The molecule has 0 fully saturated rings. The summed E-state index contributed by atoms with van der Waals surface area (Å²) in [5.74, 6) is -0.132. The summed E-state index contributed by atoms with van der Waals surface area (Å²) in [6.07, 6.45) is 1.45. The van der Waals surface area contributed by atoms with Crippen LogP contribution >= 0.6 is 11.3 Å². The molecule has 2 amide bonds. The first kappa shape index (κ1) is 13.2. The monoisotopic (exact) mass is 279 g/mol. The molecule has 2 aromatic heterocycles. The molecule has 0 aliphatic heterocycles. The van der Waals surface area contributed by atoms with E-state index < -0.39 is 0 Å². The van der Waals surface area contributed by atoms with Gasteiger partial charge in [-0.05, 0) is 11.4 Å². The Morgan fingerprint density at radius 1 is 1.53 bits per heavy atom. The lowest BCUT2D eigenvalue weighted by Crippen LogP contribution is -2.29. The van der Waals surface area contributed by atoms with Crippen LogP contribution < -0.4 is 10.6 Å². The van der Waals surface area contributed by atoms with Crippen LogP contribution in [-0.2, 0) is 9.59 Å². The van der Waals surface area contributed by atoms with Gasteiger partial charge in [0.15, 0.2) is 0 Å². The minimum atomic E-state index is -0.333. The summed E-state index contributed by atoms with van der Waals surface area (Å²) in [4.78, 5) is 27.8. The van der Waals surface area contributed by atoms with E-state index >= 15 is 0 Å². The Morgan fingerprint density at radius 2 is 2.37 bits per heavy atom. The van der Waals surface area contributed by atoms with Crippen molar-refractivity contribution in [2.75, 3.05) is 5.32 Å². The third-order valence-corrected chi connectivity index (χ3v) is 3.31. The lowest BCUT2D eigenvalue weighted by atomic mass is 10.1. The van der Waals surface area contributed by atoms with Crippen molar-refractivity contribution in [3.63, 3.8) is 0 Å². The van der Waals surface area contributed by atoms with Crippen LogP contribution in [0.4, 0.5) is 5.95 Å². The second kappa shape index (κ2) is 6.10. The highest BCUT2D eigenvalue weighted by molar-refractivity contribution is 7.10. The number of nitrogens with zero attached hydrogens (tertiary/aromatic N) is 2. The number of aromatic amines is 1. The van der Waals surface area contributed by atoms with Gasteiger partial charge in [0.2, 0.25) is 17.8 Å². The number of rotatable bonds is 5. The molecule has 1 atom stereocenters. The van der Waals surface area contributed by atoms with Crippen LogP contribution in [0.5, 0.6) is 0 Å². The van der Waals surface area contributed by atoms with Crippen LogP contribution in [-0.4, -0.2) is 27.0 Å². The number of amides is 2. The number of aromatic nitrogens is 3. The maximum absolute atomic E-state index is 11.9. The molecule has 0 aliphatic carbocycles. The fourth-order valence-corrected chi connectivity index (χ4v) is 2.37. The van der Waals surface area contributed by atoms with Crippen molar-refractivity contribution in [3.05, 3.63) is 28.7 Å². The van der Waals surface area contributed by atoms with Crippen molar-refractivity contribution in [2.45, 2.75) is 19.4 Å². The number of H-pyrrole nitrogens is 1. The molecule has 0 saturated carbocycles. The van der Waals surface area contributed by atoms with Crippen LogP contribution in [0, 0.1) is 0 Å². The van der Waals surface area contributed by atoms with Gasteiger partial charge in [0, 0.05) is 11.8 Å². The number of hydrogen-bond donors (Lipinski definition) is 3. The first-order chi connectivity index (χ1) is 9.15. The van der Waals surface area contributed by atoms with E-state index in [1.54, 1.807) is 0 Å². The maximum Gasteiger partial charge on any atom is 0.229 e. The van der Waals surface area contributed by atoms with E-state index in [9.17, 15) is 9.59 Å². The minimum absolute atomic E-state index is 0.140. The molecule has 3 N–H and O–H groups in total. The summed E-state index contributed by atoms with van der Waals surface area (Å²) >= 11 is 1.49. The van der Waals surface area contributed by atoms with Gasteiger partial charge in [-0.25, -0.2) is 5.10 Å². The highest BCUT2D eigenvalue weighted by Gasteiger charge is 2.18. The molecule has 19 heavy (non-hydrogen) atoms. The van der Waals surface area contributed by atoms with Gasteiger partial charge in [-0.3, -0.25) is 14.9 Å². The number of carbonyl (C=O) groups is 2. The summed E-state index contributed by atoms with van der Waals surface area (Å²) in [5, 5.41) is 13.4. The molecule has 8 heteroatoms. The molecule has 0 aliphatic rings. The molecule has 0 spiro atoms. The van der Waals surface area contributed by atoms with E-state index in [0.29, 0.717) is 0 Å². The van der Waals surface area contributed by atoms with Gasteiger partial charge in [0.05, 0.1) is 12.5 Å². The Morgan fingerprint density at radius 3 is 2.95 bits per heavy atom. The van der Waals surface area contributed by atoms with Gasteiger partial charge >= 0.3 is 0 Å². The molecule has 2 aromatic rings. The lowest BCUT2D eigenvalue weighted by Gasteiger charge is -2.15. The largest absolute Gasteiger partial charge is 0.348 e. The lowest BCUT2D eigenvalue weighted by molar-refractivity contribution is -0.120. The molecule has 0 saturated heterocycles. The van der Waals surface area contributed by atoms with Crippen LogP contribution in [0.3, 0.4) is 0 Å². The van der Waals surface area contributed by atoms with E-state index in [1.807, 2.05) is 17.5 Å². The zero-order valence-electron chi connectivity index (χ0n) is 10.2. The Hall–Kier alpha value is -2.22. The van der Waals surface area contributed by atoms with Gasteiger partial charge in [0.25, 0.3) is 0 Å². The van der Waals surface area contributed by atoms with E-state index in [1.165, 1.54) is 24.6 Å². The number of hydrogen-bond acceptors (Lipinski definition) is 5. The normalized spacial score (nSPS) is 11.8. The van der Waals surface area contributed by atoms with E-state index in [4.69, 9.17) is 0 Å². The summed E-state index contributed by atoms with van der Waals surface area (Å²) in [5.41, 5.74) is 0. The molecule has 0 bridgehead atoms. The number of carbonyl (C=O) groups excluding carboxylic acids is 2. The van der Waals surface area contributed by atoms with Crippen LogP contribution in [0.25, 0.3) is 0 Å². The predicted octanol–water partition coefficient (Wildman–Crippen LogP) is 1.07. The first-order valence-electron chi connectivity index (χ1n) is 5.61. The quantitative estimate of drug-likeness (QED) is 0.762. The fraction of sp³-hybridized carbons (Fsp3) is 0.273. The van der Waals surface area contributed by atoms with E-state index in [2.05, 4.69) is 25.8 Å². The average molecular weight is 279 g/mol. The molecule has 1 unspecified atom stereocenters. The van der Waals surface area contributed by atoms with Crippen molar-refractivity contribution in [1.82, 2.24) is 20.5 Å². The zero-order chi connectivity index (χ0) is 13.7. The van der Waals surface area contributed by atoms with Gasteiger partial charge in [0.1, 0.15) is 6.33 Å². The molecule has 0 radical (unpaired) electrons. The highest BCUT2D eigenvalue weighted by atomic mass is 32.1. The smallest absolute Gasteiger partial charge is 0.229 e. The van der Waals surface area contributed by atoms with Crippen LogP contribution in [0.15, 0.2) is 23.8 Å². The second-order valence-electron chi connectivity index (χ2n) is 3.85. The van der Waals surface area contributed by atoms with Crippen LogP contribution in [0.2, 0.25) is 0 Å². The van der Waals surface area contributed by atoms with Gasteiger partial charge in [-0.2, -0.15) is 10.1 Å². The number of thiophene rings is 1. The molecule has 100 valence electrons. The zero-order valence-corrected chi connectivity index (χ0v) is 11.0.